The van der Waals surface area contributed by atoms with Gasteiger partial charge in [-0.05, 0) is 24.3 Å². The highest BCUT2D eigenvalue weighted by Gasteiger charge is 2.53. The Balaban J connectivity index is 1.88. The molecule has 0 fully saturated rings. The Morgan fingerprint density at radius 2 is 1.79 bits per heavy atom. The van der Waals surface area contributed by atoms with Crippen molar-refractivity contribution in [1.82, 2.24) is 5.01 Å². The normalized spacial score (nSPS) is 19.3. The van der Waals surface area contributed by atoms with Crippen LogP contribution in [0.3, 0.4) is 0 Å². The molecule has 6 nitrogen and oxygen atoms in total. The van der Waals surface area contributed by atoms with Gasteiger partial charge in [-0.15, -0.1) is 0 Å². The minimum absolute atomic E-state index is 0.0735. The molecule has 1 unspecified atom stereocenters. The summed E-state index contributed by atoms with van der Waals surface area (Å²) in [5, 5.41) is 14.8. The first-order valence-corrected chi connectivity index (χ1v) is 8.26. The van der Waals surface area contributed by atoms with Gasteiger partial charge in [0.2, 0.25) is 0 Å². The summed E-state index contributed by atoms with van der Waals surface area (Å²) in [5.41, 5.74) is -3.46. The predicted octanol–water partition coefficient (Wildman–Crippen LogP) is 3.07. The van der Waals surface area contributed by atoms with Crippen LogP contribution in [0.4, 0.5) is 13.2 Å². The maximum absolute atomic E-state index is 13.2. The SMILES string of the molecule is COc1ccc(C2(O)CC(C(F)(F)F)=NN2C(=O)COc2ccccc2)cc1. The highest BCUT2D eigenvalue weighted by molar-refractivity contribution is 5.94. The van der Waals surface area contributed by atoms with Gasteiger partial charge in [0, 0.05) is 5.56 Å². The fourth-order valence-electron chi connectivity index (χ4n) is 2.77. The summed E-state index contributed by atoms with van der Waals surface area (Å²) in [7, 11) is 1.43. The van der Waals surface area contributed by atoms with Crippen LogP contribution in [-0.2, 0) is 10.5 Å². The summed E-state index contributed by atoms with van der Waals surface area (Å²) < 4.78 is 49.9. The van der Waals surface area contributed by atoms with Crippen LogP contribution >= 0.6 is 0 Å². The van der Waals surface area contributed by atoms with Gasteiger partial charge in [-0.25, -0.2) is 0 Å². The zero-order valence-corrected chi connectivity index (χ0v) is 14.8. The van der Waals surface area contributed by atoms with Gasteiger partial charge in [-0.1, -0.05) is 30.3 Å². The summed E-state index contributed by atoms with van der Waals surface area (Å²) in [6, 6.07) is 14.0. The summed E-state index contributed by atoms with van der Waals surface area (Å²) in [4.78, 5) is 12.5. The number of halogens is 3. The third-order valence-electron chi connectivity index (χ3n) is 4.21. The summed E-state index contributed by atoms with van der Waals surface area (Å²) >= 11 is 0. The number of alkyl halides is 3. The van der Waals surface area contributed by atoms with E-state index in [0.717, 1.165) is 0 Å². The van der Waals surface area contributed by atoms with Gasteiger partial charge in [0.05, 0.1) is 13.5 Å². The van der Waals surface area contributed by atoms with E-state index in [4.69, 9.17) is 9.47 Å². The van der Waals surface area contributed by atoms with E-state index in [0.29, 0.717) is 16.5 Å². The molecule has 0 radical (unpaired) electrons. The van der Waals surface area contributed by atoms with E-state index in [2.05, 4.69) is 5.10 Å². The Morgan fingerprint density at radius 1 is 1.14 bits per heavy atom. The molecule has 9 heteroatoms. The average Bonchev–Trinajstić information content (AvgIpc) is 3.06. The molecule has 0 bridgehead atoms. The van der Waals surface area contributed by atoms with Crippen LogP contribution in [0.5, 0.6) is 11.5 Å². The number of nitrogens with zero attached hydrogens (tertiary/aromatic N) is 2. The summed E-state index contributed by atoms with van der Waals surface area (Å²) in [6.45, 7) is -0.586. The highest BCUT2D eigenvalue weighted by Crippen LogP contribution is 2.40. The average molecular weight is 394 g/mol. The molecule has 2 aromatic carbocycles. The minimum atomic E-state index is -4.78. The predicted molar refractivity (Wildman–Crippen MR) is 93.8 cm³/mol. The Kier molecular flexibility index (Phi) is 5.28. The second-order valence-electron chi connectivity index (χ2n) is 6.07. The number of hydrogen-bond acceptors (Lipinski definition) is 5. The molecular formula is C19H17F3N2O4. The fourth-order valence-corrected chi connectivity index (χ4v) is 2.77. The van der Waals surface area contributed by atoms with Crippen molar-refractivity contribution < 1.29 is 32.5 Å². The van der Waals surface area contributed by atoms with Crippen molar-refractivity contribution >= 4 is 11.6 Å². The van der Waals surface area contributed by atoms with E-state index >= 15 is 0 Å². The van der Waals surface area contributed by atoms with E-state index in [1.165, 1.54) is 31.4 Å². The van der Waals surface area contributed by atoms with Gasteiger partial charge in [-0.2, -0.15) is 23.3 Å². The lowest BCUT2D eigenvalue weighted by molar-refractivity contribution is -0.160. The lowest BCUT2D eigenvalue weighted by Crippen LogP contribution is -2.45. The van der Waals surface area contributed by atoms with Crippen molar-refractivity contribution in [2.24, 2.45) is 5.10 Å². The van der Waals surface area contributed by atoms with Crippen LogP contribution in [0.1, 0.15) is 12.0 Å². The molecule has 148 valence electrons. The molecule has 1 N–H and O–H groups in total. The third kappa shape index (κ3) is 3.94. The highest BCUT2D eigenvalue weighted by atomic mass is 19.4. The zero-order chi connectivity index (χ0) is 20.4. The van der Waals surface area contributed by atoms with Crippen LogP contribution < -0.4 is 9.47 Å². The number of amides is 1. The topological polar surface area (TPSA) is 71.4 Å². The first-order valence-electron chi connectivity index (χ1n) is 8.26. The maximum atomic E-state index is 13.2. The molecule has 28 heavy (non-hydrogen) atoms. The molecule has 1 aliphatic rings. The number of hydrazone groups is 1. The van der Waals surface area contributed by atoms with Crippen molar-refractivity contribution in [2.45, 2.75) is 18.3 Å². The van der Waals surface area contributed by atoms with E-state index in [-0.39, 0.29) is 5.56 Å². The molecule has 0 aromatic heterocycles. The third-order valence-corrected chi connectivity index (χ3v) is 4.21. The smallest absolute Gasteiger partial charge is 0.431 e. The van der Waals surface area contributed by atoms with Crippen molar-refractivity contribution in [3.8, 4) is 11.5 Å². The minimum Gasteiger partial charge on any atom is -0.497 e. The van der Waals surface area contributed by atoms with Gasteiger partial charge >= 0.3 is 6.18 Å². The van der Waals surface area contributed by atoms with Crippen LogP contribution in [-0.4, -0.2) is 41.6 Å². The van der Waals surface area contributed by atoms with Crippen molar-refractivity contribution in [2.75, 3.05) is 13.7 Å². The number of benzene rings is 2. The molecule has 1 atom stereocenters. The van der Waals surface area contributed by atoms with Crippen molar-refractivity contribution in [3.05, 3.63) is 60.2 Å². The lowest BCUT2D eigenvalue weighted by atomic mass is 9.97. The Morgan fingerprint density at radius 3 is 2.36 bits per heavy atom. The van der Waals surface area contributed by atoms with Gasteiger partial charge < -0.3 is 14.6 Å². The van der Waals surface area contributed by atoms with E-state index < -0.39 is 36.5 Å². The number of rotatable bonds is 5. The molecule has 3 rings (SSSR count). The number of carbonyl (C=O) groups excluding carboxylic acids is 1. The first kappa shape index (κ1) is 19.7. The quantitative estimate of drug-likeness (QED) is 0.846. The zero-order valence-electron chi connectivity index (χ0n) is 14.8. The number of para-hydroxylation sites is 1. The Hall–Kier alpha value is -3.07. The Bertz CT molecular complexity index is 869. The summed E-state index contributed by atoms with van der Waals surface area (Å²) in [6.07, 6.45) is -5.67. The van der Waals surface area contributed by atoms with Crippen LogP contribution in [0, 0.1) is 0 Å². The van der Waals surface area contributed by atoms with Crippen LogP contribution in [0.2, 0.25) is 0 Å². The molecule has 0 spiro atoms. The number of aliphatic hydroxyl groups is 1. The monoisotopic (exact) mass is 394 g/mol. The summed E-state index contributed by atoms with van der Waals surface area (Å²) in [5.74, 6) is -0.0999. The van der Waals surface area contributed by atoms with Crippen LogP contribution in [0.25, 0.3) is 0 Å². The van der Waals surface area contributed by atoms with Crippen molar-refractivity contribution in [1.29, 1.82) is 0 Å². The van der Waals surface area contributed by atoms with Gasteiger partial charge in [0.25, 0.3) is 5.91 Å². The number of carbonyl (C=O) groups is 1. The van der Waals surface area contributed by atoms with E-state index in [1.807, 2.05) is 0 Å². The largest absolute Gasteiger partial charge is 0.497 e. The van der Waals surface area contributed by atoms with Crippen molar-refractivity contribution in [3.63, 3.8) is 0 Å². The van der Waals surface area contributed by atoms with E-state index in [9.17, 15) is 23.1 Å². The molecule has 1 heterocycles. The number of ether oxygens (including phenoxy) is 2. The molecule has 1 amide bonds. The second kappa shape index (κ2) is 7.51. The molecule has 1 aliphatic heterocycles. The number of methoxy groups -OCH3 is 1. The van der Waals surface area contributed by atoms with Crippen LogP contribution in [0.15, 0.2) is 59.7 Å². The molecular weight excluding hydrogens is 377 g/mol. The van der Waals surface area contributed by atoms with Gasteiger partial charge in [0.1, 0.15) is 17.2 Å². The second-order valence-corrected chi connectivity index (χ2v) is 6.07. The fraction of sp³-hybridized carbons (Fsp3) is 0.263. The molecule has 2 aromatic rings. The molecule has 0 saturated heterocycles. The van der Waals surface area contributed by atoms with Gasteiger partial charge in [0.15, 0.2) is 12.3 Å². The first-order chi connectivity index (χ1) is 13.2. The maximum Gasteiger partial charge on any atom is 0.431 e. The molecule has 0 saturated carbocycles. The lowest BCUT2D eigenvalue weighted by Gasteiger charge is -2.31. The Labute approximate surface area is 158 Å². The standard InChI is InChI=1S/C19H17F3N2O4/c1-27-14-9-7-13(8-10-14)18(26)11-16(19(20,21)22)23-24(18)17(25)12-28-15-5-3-2-4-6-15/h2-10,26H,11-12H2,1H3. The van der Waals surface area contributed by atoms with E-state index in [1.54, 1.807) is 30.3 Å². The van der Waals surface area contributed by atoms with Gasteiger partial charge in [-0.3, -0.25) is 4.79 Å². The number of hydrogen-bond donors (Lipinski definition) is 1. The molecule has 0 aliphatic carbocycles.